The number of aromatic nitrogens is 2. The van der Waals surface area contributed by atoms with Crippen LogP contribution in [0.4, 0.5) is 5.69 Å². The summed E-state index contributed by atoms with van der Waals surface area (Å²) in [6, 6.07) is 36.3. The molecule has 4 nitrogen and oxygen atoms in total. The molecule has 5 aromatic rings. The van der Waals surface area contributed by atoms with Gasteiger partial charge in [0.05, 0.1) is 22.1 Å². The van der Waals surface area contributed by atoms with E-state index in [1.165, 1.54) is 11.1 Å². The number of fused-ring (bicyclic) bond motifs is 1. The first-order valence-electron chi connectivity index (χ1n) is 12.1. The van der Waals surface area contributed by atoms with E-state index in [2.05, 4.69) is 93.6 Å². The number of benzene rings is 4. The van der Waals surface area contributed by atoms with Crippen molar-refractivity contribution in [3.63, 3.8) is 0 Å². The maximum atomic E-state index is 6.75. The predicted octanol–water partition coefficient (Wildman–Crippen LogP) is 6.79. The van der Waals surface area contributed by atoms with Gasteiger partial charge < -0.3 is 9.88 Å². The number of anilines is 1. The molecular formula is C30H27ClN4. The fourth-order valence-corrected chi connectivity index (χ4v) is 5.36. The van der Waals surface area contributed by atoms with E-state index in [4.69, 9.17) is 16.6 Å². The Morgan fingerprint density at radius 2 is 1.34 bits per heavy atom. The summed E-state index contributed by atoms with van der Waals surface area (Å²) in [5, 5.41) is 0.718. The van der Waals surface area contributed by atoms with E-state index >= 15 is 0 Å². The van der Waals surface area contributed by atoms with Gasteiger partial charge in [-0.3, -0.25) is 4.90 Å². The molecule has 2 heterocycles. The number of hydrogen-bond donors (Lipinski definition) is 1. The van der Waals surface area contributed by atoms with Crippen molar-refractivity contribution in [2.24, 2.45) is 0 Å². The van der Waals surface area contributed by atoms with Crippen LogP contribution in [0.5, 0.6) is 0 Å². The minimum atomic E-state index is 0.263. The second-order valence-electron chi connectivity index (χ2n) is 9.01. The molecule has 1 fully saturated rings. The van der Waals surface area contributed by atoms with E-state index in [1.807, 2.05) is 24.3 Å². The Morgan fingerprint density at radius 1 is 0.714 bits per heavy atom. The third kappa shape index (κ3) is 4.43. The van der Waals surface area contributed by atoms with Gasteiger partial charge in [0.25, 0.3) is 0 Å². The lowest BCUT2D eigenvalue weighted by Gasteiger charge is -2.40. The smallest absolute Gasteiger partial charge is 0.139 e. The van der Waals surface area contributed by atoms with Crippen molar-refractivity contribution in [2.45, 2.75) is 6.04 Å². The minimum absolute atomic E-state index is 0.263. The standard InChI is InChI=1S/C30H27ClN4/c31-26-21-24(15-16-25(26)30-32-27-13-7-8-14-28(27)33-30)34-17-19-35(20-18-34)29(22-9-3-1-4-10-22)23-11-5-2-6-12-23/h1-16,21,29H,17-20H2,(H,32,33). The first-order chi connectivity index (χ1) is 17.3. The van der Waals surface area contributed by atoms with Crippen molar-refractivity contribution in [2.75, 3.05) is 31.1 Å². The van der Waals surface area contributed by atoms with Crippen molar-refractivity contribution in [3.05, 3.63) is 119 Å². The number of nitrogens with one attached hydrogen (secondary N) is 1. The van der Waals surface area contributed by atoms with Gasteiger partial charge in [0.15, 0.2) is 0 Å². The van der Waals surface area contributed by atoms with Gasteiger partial charge in [0.2, 0.25) is 0 Å². The molecule has 1 aliphatic heterocycles. The van der Waals surface area contributed by atoms with Crippen molar-refractivity contribution in [1.82, 2.24) is 14.9 Å². The van der Waals surface area contributed by atoms with Crippen LogP contribution < -0.4 is 4.90 Å². The fourth-order valence-electron chi connectivity index (χ4n) is 5.10. The summed E-state index contributed by atoms with van der Waals surface area (Å²) in [5.74, 6) is 0.807. The predicted molar refractivity (Wildman–Crippen MR) is 145 cm³/mol. The Hall–Kier alpha value is -3.60. The third-order valence-electron chi connectivity index (χ3n) is 6.87. The number of para-hydroxylation sites is 2. The zero-order chi connectivity index (χ0) is 23.6. The summed E-state index contributed by atoms with van der Waals surface area (Å²) in [6.07, 6.45) is 0. The molecule has 0 atom stereocenters. The van der Waals surface area contributed by atoms with E-state index in [-0.39, 0.29) is 6.04 Å². The summed E-state index contributed by atoms with van der Waals surface area (Å²) < 4.78 is 0. The number of aromatic amines is 1. The highest BCUT2D eigenvalue weighted by molar-refractivity contribution is 6.33. The lowest BCUT2D eigenvalue weighted by molar-refractivity contribution is 0.212. The Balaban J connectivity index is 1.20. The first-order valence-corrected chi connectivity index (χ1v) is 12.5. The van der Waals surface area contributed by atoms with E-state index in [9.17, 15) is 0 Å². The van der Waals surface area contributed by atoms with Gasteiger partial charge in [-0.15, -0.1) is 0 Å². The maximum Gasteiger partial charge on any atom is 0.139 e. The molecule has 0 unspecified atom stereocenters. The van der Waals surface area contributed by atoms with E-state index in [1.54, 1.807) is 0 Å². The molecule has 1 aliphatic rings. The Labute approximate surface area is 210 Å². The van der Waals surface area contributed by atoms with Gasteiger partial charge >= 0.3 is 0 Å². The molecule has 0 amide bonds. The number of rotatable bonds is 5. The molecule has 1 N–H and O–H groups in total. The van der Waals surface area contributed by atoms with Crippen molar-refractivity contribution >= 4 is 28.3 Å². The number of nitrogens with zero attached hydrogens (tertiary/aromatic N) is 3. The highest BCUT2D eigenvalue weighted by Crippen LogP contribution is 2.33. The van der Waals surface area contributed by atoms with Crippen LogP contribution in [0.2, 0.25) is 5.02 Å². The monoisotopic (exact) mass is 478 g/mol. The number of hydrogen-bond acceptors (Lipinski definition) is 3. The molecule has 0 saturated carbocycles. The molecule has 0 radical (unpaired) electrons. The second-order valence-corrected chi connectivity index (χ2v) is 9.42. The summed E-state index contributed by atoms with van der Waals surface area (Å²) >= 11 is 6.75. The highest BCUT2D eigenvalue weighted by Gasteiger charge is 2.26. The average molecular weight is 479 g/mol. The van der Waals surface area contributed by atoms with Crippen LogP contribution in [0.1, 0.15) is 17.2 Å². The summed E-state index contributed by atoms with van der Waals surface area (Å²) in [7, 11) is 0. The second kappa shape index (κ2) is 9.57. The van der Waals surface area contributed by atoms with Crippen molar-refractivity contribution < 1.29 is 0 Å². The third-order valence-corrected chi connectivity index (χ3v) is 7.19. The van der Waals surface area contributed by atoms with Gasteiger partial charge in [-0.1, -0.05) is 84.4 Å². The normalized spacial score (nSPS) is 14.6. The lowest BCUT2D eigenvalue weighted by atomic mass is 9.96. The van der Waals surface area contributed by atoms with Crippen LogP contribution in [-0.4, -0.2) is 41.0 Å². The van der Waals surface area contributed by atoms with Gasteiger partial charge in [0, 0.05) is 37.4 Å². The van der Waals surface area contributed by atoms with Crippen LogP contribution in [-0.2, 0) is 0 Å². The molecule has 6 rings (SSSR count). The van der Waals surface area contributed by atoms with Crippen molar-refractivity contribution in [1.29, 1.82) is 0 Å². The lowest BCUT2D eigenvalue weighted by Crippen LogP contribution is -2.48. The van der Waals surface area contributed by atoms with Gasteiger partial charge in [-0.25, -0.2) is 4.98 Å². The van der Waals surface area contributed by atoms with Crippen molar-refractivity contribution in [3.8, 4) is 11.4 Å². The minimum Gasteiger partial charge on any atom is -0.369 e. The van der Waals surface area contributed by atoms with E-state index in [0.717, 1.165) is 59.3 Å². The summed E-state index contributed by atoms with van der Waals surface area (Å²) in [5.41, 5.74) is 6.73. The molecule has 1 aromatic heterocycles. The summed E-state index contributed by atoms with van der Waals surface area (Å²) in [6.45, 7) is 3.88. The number of halogens is 1. The molecule has 174 valence electrons. The van der Waals surface area contributed by atoms with Crippen LogP contribution >= 0.6 is 11.6 Å². The van der Waals surface area contributed by atoms with Gasteiger partial charge in [-0.2, -0.15) is 0 Å². The van der Waals surface area contributed by atoms with Crippen LogP contribution in [0.3, 0.4) is 0 Å². The topological polar surface area (TPSA) is 35.2 Å². The fraction of sp³-hybridized carbons (Fsp3) is 0.167. The highest BCUT2D eigenvalue weighted by atomic mass is 35.5. The average Bonchev–Trinajstić information content (AvgIpc) is 3.34. The molecule has 5 heteroatoms. The van der Waals surface area contributed by atoms with Crippen LogP contribution in [0.15, 0.2) is 103 Å². The quantitative estimate of drug-likeness (QED) is 0.302. The van der Waals surface area contributed by atoms with Crippen LogP contribution in [0, 0.1) is 0 Å². The summed E-state index contributed by atoms with van der Waals surface area (Å²) in [4.78, 5) is 13.1. The van der Waals surface area contributed by atoms with Gasteiger partial charge in [0.1, 0.15) is 5.82 Å². The molecule has 4 aromatic carbocycles. The molecule has 0 bridgehead atoms. The molecule has 0 spiro atoms. The maximum absolute atomic E-state index is 6.75. The van der Waals surface area contributed by atoms with Crippen LogP contribution in [0.25, 0.3) is 22.4 Å². The zero-order valence-corrected chi connectivity index (χ0v) is 20.2. The van der Waals surface area contributed by atoms with E-state index < -0.39 is 0 Å². The number of H-pyrrole nitrogens is 1. The van der Waals surface area contributed by atoms with Gasteiger partial charge in [-0.05, 0) is 41.5 Å². The zero-order valence-electron chi connectivity index (χ0n) is 19.4. The number of imidazole rings is 1. The molecular weight excluding hydrogens is 452 g/mol. The Kier molecular flexibility index (Phi) is 5.99. The Morgan fingerprint density at radius 3 is 1.97 bits per heavy atom. The SMILES string of the molecule is Clc1cc(N2CCN(C(c3ccccc3)c3ccccc3)CC2)ccc1-c1nc2ccccc2[nH]1. The molecule has 1 saturated heterocycles. The first kappa shape index (κ1) is 21.9. The number of piperazine rings is 1. The Bertz CT molecular complexity index is 1350. The van der Waals surface area contributed by atoms with E-state index in [0.29, 0.717) is 0 Å². The molecule has 0 aliphatic carbocycles. The largest absolute Gasteiger partial charge is 0.369 e. The molecule has 35 heavy (non-hydrogen) atoms.